The molecule has 1 atom stereocenters. The molecular formula is C11H14ClNO5S. The van der Waals surface area contributed by atoms with Crippen molar-refractivity contribution in [3.05, 3.63) is 28.8 Å². The Hall–Kier alpha value is -1.15. The summed E-state index contributed by atoms with van der Waals surface area (Å²) < 4.78 is 26.2. The number of aliphatic hydroxyl groups is 1. The predicted molar refractivity (Wildman–Crippen MR) is 69.6 cm³/mol. The van der Waals surface area contributed by atoms with Gasteiger partial charge in [0.1, 0.15) is 6.04 Å². The number of nitrogens with one attached hydrogen (secondary N) is 1. The van der Waals surface area contributed by atoms with Crippen molar-refractivity contribution in [1.29, 1.82) is 0 Å². The molecule has 0 aliphatic rings. The van der Waals surface area contributed by atoms with E-state index in [0.717, 1.165) is 0 Å². The number of hydrogen-bond acceptors (Lipinski definition) is 4. The maximum absolute atomic E-state index is 12.1. The summed E-state index contributed by atoms with van der Waals surface area (Å²) in [6, 6.07) is 2.96. The Kier molecular flexibility index (Phi) is 5.30. The Bertz CT molecular complexity index is 572. The monoisotopic (exact) mass is 307 g/mol. The maximum atomic E-state index is 12.1. The minimum Gasteiger partial charge on any atom is -0.480 e. The van der Waals surface area contributed by atoms with Crippen molar-refractivity contribution >= 4 is 27.6 Å². The lowest BCUT2D eigenvalue weighted by Gasteiger charge is -2.15. The molecule has 0 spiro atoms. The van der Waals surface area contributed by atoms with Crippen molar-refractivity contribution in [2.75, 3.05) is 6.61 Å². The fourth-order valence-corrected chi connectivity index (χ4v) is 3.21. The molecule has 0 fully saturated rings. The zero-order chi connectivity index (χ0) is 14.6. The first-order valence-corrected chi connectivity index (χ1v) is 7.27. The van der Waals surface area contributed by atoms with Gasteiger partial charge in [-0.1, -0.05) is 17.7 Å². The number of carboxylic acids is 1. The van der Waals surface area contributed by atoms with Crippen LogP contribution in [0.2, 0.25) is 5.02 Å². The largest absolute Gasteiger partial charge is 0.480 e. The first kappa shape index (κ1) is 15.9. The molecular weight excluding hydrogens is 294 g/mol. The fourth-order valence-electron chi connectivity index (χ4n) is 1.49. The van der Waals surface area contributed by atoms with Gasteiger partial charge in [0.25, 0.3) is 0 Å². The van der Waals surface area contributed by atoms with Crippen LogP contribution >= 0.6 is 11.6 Å². The van der Waals surface area contributed by atoms with E-state index in [0.29, 0.717) is 5.56 Å². The summed E-state index contributed by atoms with van der Waals surface area (Å²) in [6.07, 6.45) is -0.214. The molecule has 0 amide bonds. The second kappa shape index (κ2) is 6.33. The van der Waals surface area contributed by atoms with Crippen molar-refractivity contribution in [2.45, 2.75) is 24.3 Å². The fraction of sp³-hybridized carbons (Fsp3) is 0.364. The van der Waals surface area contributed by atoms with Gasteiger partial charge in [-0.05, 0) is 31.0 Å². The third-order valence-corrected chi connectivity index (χ3v) is 4.55. The number of carboxylic acid groups (broad SMARTS) is 1. The number of rotatable bonds is 6. The van der Waals surface area contributed by atoms with Crippen LogP contribution in [0.1, 0.15) is 12.0 Å². The van der Waals surface area contributed by atoms with Gasteiger partial charge in [0.05, 0.1) is 4.90 Å². The molecule has 6 nitrogen and oxygen atoms in total. The second-order valence-corrected chi connectivity index (χ2v) is 5.98. The molecule has 0 saturated carbocycles. The van der Waals surface area contributed by atoms with E-state index in [4.69, 9.17) is 21.8 Å². The molecule has 0 aliphatic carbocycles. The quantitative estimate of drug-likeness (QED) is 0.720. The third-order valence-electron chi connectivity index (χ3n) is 2.52. The molecule has 3 N–H and O–H groups in total. The molecule has 8 heteroatoms. The minimum absolute atomic E-state index is 0.0795. The first-order valence-electron chi connectivity index (χ1n) is 5.40. The summed E-state index contributed by atoms with van der Waals surface area (Å²) in [5.41, 5.74) is 0.338. The van der Waals surface area contributed by atoms with E-state index in [2.05, 4.69) is 0 Å². The third kappa shape index (κ3) is 3.90. The standard InChI is InChI=1S/C11H14ClNO5S/c1-7-8(12)3-2-4-10(7)19(17,18)13-9(5-6-14)11(15)16/h2-4,9,13-14H,5-6H2,1H3,(H,15,16)/t9-/m1/s1. The van der Waals surface area contributed by atoms with Crippen molar-refractivity contribution < 1.29 is 23.4 Å². The lowest BCUT2D eigenvalue weighted by atomic mass is 10.2. The zero-order valence-corrected chi connectivity index (χ0v) is 11.7. The van der Waals surface area contributed by atoms with Crippen molar-refractivity contribution in [3.8, 4) is 0 Å². The molecule has 0 aromatic heterocycles. The molecule has 19 heavy (non-hydrogen) atoms. The van der Waals surface area contributed by atoms with E-state index < -0.39 is 28.6 Å². The lowest BCUT2D eigenvalue weighted by molar-refractivity contribution is -0.139. The molecule has 106 valence electrons. The first-order chi connectivity index (χ1) is 8.79. The smallest absolute Gasteiger partial charge is 0.321 e. The lowest BCUT2D eigenvalue weighted by Crippen LogP contribution is -2.41. The van der Waals surface area contributed by atoms with Crippen molar-refractivity contribution in [2.24, 2.45) is 0 Å². The minimum atomic E-state index is -4.01. The van der Waals surface area contributed by atoms with E-state index in [1.165, 1.54) is 25.1 Å². The van der Waals surface area contributed by atoms with Crippen LogP contribution in [0.5, 0.6) is 0 Å². The van der Waals surface area contributed by atoms with Gasteiger partial charge >= 0.3 is 5.97 Å². The molecule has 1 aromatic carbocycles. The van der Waals surface area contributed by atoms with Crippen LogP contribution < -0.4 is 4.72 Å². The van der Waals surface area contributed by atoms with E-state index in [9.17, 15) is 13.2 Å². The normalized spacial score (nSPS) is 13.2. The summed E-state index contributed by atoms with van der Waals surface area (Å²) in [7, 11) is -4.01. The van der Waals surface area contributed by atoms with E-state index in [1.54, 1.807) is 0 Å². The Morgan fingerprint density at radius 1 is 1.47 bits per heavy atom. The number of aliphatic hydroxyl groups excluding tert-OH is 1. The molecule has 0 aliphatic heterocycles. The highest BCUT2D eigenvalue weighted by Crippen LogP contribution is 2.22. The van der Waals surface area contributed by atoms with Crippen LogP contribution in [0.15, 0.2) is 23.1 Å². The van der Waals surface area contributed by atoms with Crippen LogP contribution in [-0.4, -0.2) is 37.2 Å². The molecule has 0 bridgehead atoms. The number of halogens is 1. The zero-order valence-electron chi connectivity index (χ0n) is 10.1. The van der Waals surface area contributed by atoms with Crippen LogP contribution in [0.3, 0.4) is 0 Å². The molecule has 0 radical (unpaired) electrons. The highest BCUT2D eigenvalue weighted by Gasteiger charge is 2.26. The number of hydrogen-bond donors (Lipinski definition) is 3. The molecule has 0 saturated heterocycles. The topological polar surface area (TPSA) is 104 Å². The SMILES string of the molecule is Cc1c(Cl)cccc1S(=O)(=O)N[C@H](CCO)C(=O)O. The summed E-state index contributed by atoms with van der Waals surface area (Å²) in [6.45, 7) is 1.09. The van der Waals surface area contributed by atoms with Gasteiger partial charge in [-0.3, -0.25) is 4.79 Å². The van der Waals surface area contributed by atoms with Crippen LogP contribution in [-0.2, 0) is 14.8 Å². The predicted octanol–water partition coefficient (Wildman–Crippen LogP) is 0.762. The van der Waals surface area contributed by atoms with Crippen molar-refractivity contribution in [3.63, 3.8) is 0 Å². The molecule has 0 unspecified atom stereocenters. The molecule has 1 aromatic rings. The average Bonchev–Trinajstić information content (AvgIpc) is 2.31. The Morgan fingerprint density at radius 3 is 2.63 bits per heavy atom. The van der Waals surface area contributed by atoms with Gasteiger partial charge in [-0.25, -0.2) is 8.42 Å². The second-order valence-electron chi connectivity index (χ2n) is 3.89. The van der Waals surface area contributed by atoms with Gasteiger partial charge in [0, 0.05) is 11.6 Å². The number of sulfonamides is 1. The number of benzene rings is 1. The van der Waals surface area contributed by atoms with Crippen LogP contribution in [0.4, 0.5) is 0 Å². The summed E-state index contributed by atoms with van der Waals surface area (Å²) in [4.78, 5) is 10.8. The van der Waals surface area contributed by atoms with E-state index in [-0.39, 0.29) is 16.3 Å². The van der Waals surface area contributed by atoms with Gasteiger partial charge in [0.2, 0.25) is 10.0 Å². The Balaban J connectivity index is 3.10. The number of aliphatic carboxylic acids is 1. The van der Waals surface area contributed by atoms with Gasteiger partial charge in [-0.15, -0.1) is 0 Å². The summed E-state index contributed by atoms with van der Waals surface area (Å²) in [5, 5.41) is 17.9. The Morgan fingerprint density at radius 2 is 2.11 bits per heavy atom. The van der Waals surface area contributed by atoms with Crippen LogP contribution in [0.25, 0.3) is 0 Å². The Labute approximate surface area is 116 Å². The average molecular weight is 308 g/mol. The highest BCUT2D eigenvalue weighted by molar-refractivity contribution is 7.89. The summed E-state index contributed by atoms with van der Waals surface area (Å²) in [5.74, 6) is -1.35. The van der Waals surface area contributed by atoms with E-state index >= 15 is 0 Å². The van der Waals surface area contributed by atoms with Gasteiger partial charge in [0.15, 0.2) is 0 Å². The number of carbonyl (C=O) groups is 1. The van der Waals surface area contributed by atoms with Gasteiger partial charge in [-0.2, -0.15) is 4.72 Å². The van der Waals surface area contributed by atoms with E-state index in [1.807, 2.05) is 4.72 Å². The molecule has 0 heterocycles. The summed E-state index contributed by atoms with van der Waals surface area (Å²) >= 11 is 5.83. The van der Waals surface area contributed by atoms with Crippen LogP contribution in [0, 0.1) is 6.92 Å². The highest BCUT2D eigenvalue weighted by atomic mass is 35.5. The van der Waals surface area contributed by atoms with Crippen molar-refractivity contribution in [1.82, 2.24) is 4.72 Å². The maximum Gasteiger partial charge on any atom is 0.321 e. The molecule has 1 rings (SSSR count). The van der Waals surface area contributed by atoms with Gasteiger partial charge < -0.3 is 10.2 Å².